The molecule has 0 aromatic heterocycles. The van der Waals surface area contributed by atoms with Gasteiger partial charge >= 0.3 is 0 Å². The third-order valence-corrected chi connectivity index (χ3v) is 4.42. The van der Waals surface area contributed by atoms with Crippen LogP contribution in [0.1, 0.15) is 5.56 Å². The van der Waals surface area contributed by atoms with Crippen LogP contribution in [0.25, 0.3) is 0 Å². The molecule has 0 spiro atoms. The Bertz CT molecular complexity index is 732. The highest BCUT2D eigenvalue weighted by molar-refractivity contribution is 5.93. The van der Waals surface area contributed by atoms with Crippen molar-refractivity contribution in [2.45, 2.75) is 12.5 Å². The highest BCUT2D eigenvalue weighted by Gasteiger charge is 2.13. The fraction of sp³-hybridized carbons (Fsp3) is 0.381. The van der Waals surface area contributed by atoms with Crippen LogP contribution in [-0.4, -0.2) is 58.8 Å². The number of rotatable bonds is 8. The number of aliphatic imine (C=N–C) groups is 1. The van der Waals surface area contributed by atoms with E-state index in [0.29, 0.717) is 23.5 Å². The topological polar surface area (TPSA) is 58.1 Å². The molecule has 6 nitrogen and oxygen atoms in total. The number of methoxy groups -OCH3 is 2. The first kappa shape index (κ1) is 20.6. The average molecular weight is 370 g/mol. The largest absolute Gasteiger partial charge is 0.493 e. The molecule has 0 aliphatic carbocycles. The molecule has 0 heterocycles. The molecule has 1 atom stereocenters. The number of benzene rings is 2. The second-order valence-corrected chi connectivity index (χ2v) is 6.46. The zero-order valence-electron chi connectivity index (χ0n) is 16.8. The van der Waals surface area contributed by atoms with Crippen LogP contribution >= 0.6 is 0 Å². The number of ether oxygens (including phenoxy) is 2. The van der Waals surface area contributed by atoms with Gasteiger partial charge in [-0.1, -0.05) is 30.3 Å². The summed E-state index contributed by atoms with van der Waals surface area (Å²) in [4.78, 5) is 6.55. The number of likely N-dealkylation sites (N-methyl/N-ethyl adjacent to an activating group) is 1. The number of hydrogen-bond donors (Lipinski definition) is 2. The molecule has 2 rings (SSSR count). The van der Waals surface area contributed by atoms with Gasteiger partial charge in [-0.2, -0.15) is 0 Å². The van der Waals surface area contributed by atoms with Gasteiger partial charge in [-0.15, -0.1) is 0 Å². The summed E-state index contributed by atoms with van der Waals surface area (Å²) in [5, 5.41) is 6.71. The lowest BCUT2D eigenvalue weighted by atomic mass is 10.1. The summed E-state index contributed by atoms with van der Waals surface area (Å²) in [6, 6.07) is 16.5. The van der Waals surface area contributed by atoms with E-state index in [2.05, 4.69) is 58.9 Å². The molecule has 2 aromatic carbocycles. The quantitative estimate of drug-likeness (QED) is 0.553. The lowest BCUT2D eigenvalue weighted by Crippen LogP contribution is -2.43. The van der Waals surface area contributed by atoms with Crippen molar-refractivity contribution in [2.75, 3.05) is 47.2 Å². The van der Waals surface area contributed by atoms with E-state index in [1.54, 1.807) is 21.3 Å². The molecule has 0 amide bonds. The lowest BCUT2D eigenvalue weighted by Gasteiger charge is -2.26. The fourth-order valence-corrected chi connectivity index (χ4v) is 2.77. The third kappa shape index (κ3) is 6.18. The second kappa shape index (κ2) is 10.4. The number of anilines is 1. The Balaban J connectivity index is 1.99. The van der Waals surface area contributed by atoms with Crippen LogP contribution < -0.4 is 20.1 Å². The van der Waals surface area contributed by atoms with Crippen LogP contribution in [-0.2, 0) is 6.42 Å². The number of hydrogen-bond acceptors (Lipinski definition) is 4. The van der Waals surface area contributed by atoms with Crippen LogP contribution in [0.2, 0.25) is 0 Å². The third-order valence-electron chi connectivity index (χ3n) is 4.42. The summed E-state index contributed by atoms with van der Waals surface area (Å²) < 4.78 is 10.6. The zero-order valence-corrected chi connectivity index (χ0v) is 16.8. The zero-order chi connectivity index (χ0) is 19.6. The summed E-state index contributed by atoms with van der Waals surface area (Å²) in [7, 11) is 9.21. The molecule has 0 saturated carbocycles. The molecular weight excluding hydrogens is 340 g/mol. The maximum atomic E-state index is 5.36. The molecule has 2 aromatic rings. The van der Waals surface area contributed by atoms with E-state index >= 15 is 0 Å². The Morgan fingerprint density at radius 1 is 1.04 bits per heavy atom. The van der Waals surface area contributed by atoms with E-state index in [4.69, 9.17) is 9.47 Å². The summed E-state index contributed by atoms with van der Waals surface area (Å²) in [5.74, 6) is 2.08. The van der Waals surface area contributed by atoms with Gasteiger partial charge in [-0.25, -0.2) is 0 Å². The normalized spacial score (nSPS) is 12.6. The van der Waals surface area contributed by atoms with E-state index in [1.807, 2.05) is 24.3 Å². The molecular formula is C21H30N4O2. The van der Waals surface area contributed by atoms with Crippen LogP contribution in [0, 0.1) is 0 Å². The van der Waals surface area contributed by atoms with Gasteiger partial charge in [-0.05, 0) is 38.2 Å². The standard InChI is InChI=1S/C21H30N4O2/c1-22-21(24-17-11-12-19(26-4)20(14-17)27-5)23-15-18(25(2)3)13-16-9-7-6-8-10-16/h6-12,14,18H,13,15H2,1-5H3,(H2,22,23,24). The van der Waals surface area contributed by atoms with Crippen molar-refractivity contribution in [2.24, 2.45) is 4.99 Å². The van der Waals surface area contributed by atoms with Crippen molar-refractivity contribution >= 4 is 11.6 Å². The Morgan fingerprint density at radius 3 is 2.33 bits per heavy atom. The highest BCUT2D eigenvalue weighted by Crippen LogP contribution is 2.29. The molecule has 0 aliphatic heterocycles. The predicted molar refractivity (Wildman–Crippen MR) is 112 cm³/mol. The molecule has 0 aliphatic rings. The molecule has 0 bridgehead atoms. The van der Waals surface area contributed by atoms with Gasteiger partial charge in [0.25, 0.3) is 0 Å². The van der Waals surface area contributed by atoms with Crippen LogP contribution in [0.5, 0.6) is 11.5 Å². The summed E-state index contributed by atoms with van der Waals surface area (Å²) >= 11 is 0. The molecule has 1 unspecified atom stereocenters. The summed E-state index contributed by atoms with van der Waals surface area (Å²) in [6.07, 6.45) is 0.966. The summed E-state index contributed by atoms with van der Waals surface area (Å²) in [6.45, 7) is 0.773. The number of nitrogens with zero attached hydrogens (tertiary/aromatic N) is 2. The molecule has 27 heavy (non-hydrogen) atoms. The van der Waals surface area contributed by atoms with Crippen molar-refractivity contribution in [3.63, 3.8) is 0 Å². The summed E-state index contributed by atoms with van der Waals surface area (Å²) in [5.41, 5.74) is 2.20. The van der Waals surface area contributed by atoms with Gasteiger partial charge in [-0.3, -0.25) is 4.99 Å². The number of guanidine groups is 1. The minimum Gasteiger partial charge on any atom is -0.493 e. The Labute approximate surface area is 162 Å². The molecule has 0 fully saturated rings. The van der Waals surface area contributed by atoms with Crippen LogP contribution in [0.3, 0.4) is 0 Å². The highest BCUT2D eigenvalue weighted by atomic mass is 16.5. The molecule has 0 saturated heterocycles. The van der Waals surface area contributed by atoms with Crippen LogP contribution in [0.4, 0.5) is 5.69 Å². The second-order valence-electron chi connectivity index (χ2n) is 6.46. The SMILES string of the molecule is CN=C(NCC(Cc1ccccc1)N(C)C)Nc1ccc(OC)c(OC)c1. The lowest BCUT2D eigenvalue weighted by molar-refractivity contribution is 0.291. The van der Waals surface area contributed by atoms with E-state index in [0.717, 1.165) is 18.7 Å². The smallest absolute Gasteiger partial charge is 0.195 e. The van der Waals surface area contributed by atoms with Gasteiger partial charge in [0.1, 0.15) is 0 Å². The van der Waals surface area contributed by atoms with E-state index < -0.39 is 0 Å². The fourth-order valence-electron chi connectivity index (χ4n) is 2.77. The monoisotopic (exact) mass is 370 g/mol. The van der Waals surface area contributed by atoms with E-state index in [1.165, 1.54) is 5.56 Å². The Kier molecular flexibility index (Phi) is 7.95. The van der Waals surface area contributed by atoms with Gasteiger partial charge in [0.05, 0.1) is 14.2 Å². The molecule has 2 N–H and O–H groups in total. The maximum Gasteiger partial charge on any atom is 0.195 e. The predicted octanol–water partition coefficient (Wildman–Crippen LogP) is 2.86. The van der Waals surface area contributed by atoms with Crippen LogP contribution in [0.15, 0.2) is 53.5 Å². The minimum atomic E-state index is 0.344. The van der Waals surface area contributed by atoms with Gasteiger partial charge in [0.2, 0.25) is 0 Å². The average Bonchev–Trinajstić information content (AvgIpc) is 2.70. The van der Waals surface area contributed by atoms with Gasteiger partial charge < -0.3 is 25.0 Å². The van der Waals surface area contributed by atoms with Gasteiger partial charge in [0, 0.05) is 31.4 Å². The van der Waals surface area contributed by atoms with Gasteiger partial charge in [0.15, 0.2) is 17.5 Å². The van der Waals surface area contributed by atoms with Crippen molar-refractivity contribution in [3.8, 4) is 11.5 Å². The minimum absolute atomic E-state index is 0.344. The Morgan fingerprint density at radius 2 is 1.74 bits per heavy atom. The van der Waals surface area contributed by atoms with Crippen molar-refractivity contribution in [1.29, 1.82) is 0 Å². The first-order valence-corrected chi connectivity index (χ1v) is 8.97. The van der Waals surface area contributed by atoms with E-state index in [9.17, 15) is 0 Å². The Hall–Kier alpha value is -2.73. The maximum absolute atomic E-state index is 5.36. The van der Waals surface area contributed by atoms with Crippen molar-refractivity contribution in [3.05, 3.63) is 54.1 Å². The number of nitrogens with one attached hydrogen (secondary N) is 2. The van der Waals surface area contributed by atoms with E-state index in [-0.39, 0.29) is 0 Å². The van der Waals surface area contributed by atoms with Crippen molar-refractivity contribution < 1.29 is 9.47 Å². The molecule has 0 radical (unpaired) electrons. The first-order valence-electron chi connectivity index (χ1n) is 8.97. The molecule has 146 valence electrons. The first-order chi connectivity index (χ1) is 13.1. The van der Waals surface area contributed by atoms with Crippen molar-refractivity contribution in [1.82, 2.24) is 10.2 Å². The molecule has 6 heteroatoms.